The largest absolute Gasteiger partial charge is 0.490 e. The number of aliphatic carboxylic acids is 1. The fourth-order valence-electron chi connectivity index (χ4n) is 2.04. The van der Waals surface area contributed by atoms with Crippen LogP contribution in [0, 0.1) is 0 Å². The highest BCUT2D eigenvalue weighted by Gasteiger charge is 2.38. The van der Waals surface area contributed by atoms with Gasteiger partial charge in [-0.3, -0.25) is 19.2 Å². The van der Waals surface area contributed by atoms with E-state index < -0.39 is 60.3 Å². The van der Waals surface area contributed by atoms with E-state index in [0.717, 1.165) is 0 Å². The van der Waals surface area contributed by atoms with Crippen molar-refractivity contribution in [3.8, 4) is 0 Å². The predicted molar refractivity (Wildman–Crippen MR) is 112 cm³/mol. The lowest BCUT2D eigenvalue weighted by atomic mass is 10.1. The number of hydrogen-bond acceptors (Lipinski definition) is 7. The van der Waals surface area contributed by atoms with Gasteiger partial charge in [-0.1, -0.05) is 12.1 Å². The summed E-state index contributed by atoms with van der Waals surface area (Å²) in [4.78, 5) is 56.3. The van der Waals surface area contributed by atoms with Crippen molar-refractivity contribution >= 4 is 35.3 Å². The number of carboxylic acids is 1. The first-order chi connectivity index (χ1) is 15.6. The molecule has 1 aromatic carbocycles. The number of carbonyl (C=O) groups excluding carboxylic acids is 4. The van der Waals surface area contributed by atoms with Crippen molar-refractivity contribution in [3.05, 3.63) is 29.8 Å². The monoisotopic (exact) mass is 493 g/mol. The summed E-state index contributed by atoms with van der Waals surface area (Å²) < 4.78 is 31.7. The van der Waals surface area contributed by atoms with Crippen molar-refractivity contribution in [2.45, 2.75) is 51.2 Å². The van der Waals surface area contributed by atoms with E-state index in [-0.39, 0.29) is 6.61 Å². The topological polar surface area (TPSA) is 214 Å². The zero-order chi connectivity index (χ0) is 26.6. The molecule has 0 bridgehead atoms. The van der Waals surface area contributed by atoms with E-state index in [4.69, 9.17) is 26.5 Å². The number of amides is 4. The van der Waals surface area contributed by atoms with Crippen LogP contribution in [0.5, 0.6) is 0 Å². The smallest absolute Gasteiger partial charge is 0.475 e. The third kappa shape index (κ3) is 11.8. The molecule has 0 radical (unpaired) electrons. The molecule has 12 nitrogen and oxygen atoms in total. The van der Waals surface area contributed by atoms with Crippen LogP contribution in [0.15, 0.2) is 24.3 Å². The van der Waals surface area contributed by atoms with Gasteiger partial charge in [0.05, 0.1) is 19.1 Å². The number of aliphatic hydroxyl groups is 1. The van der Waals surface area contributed by atoms with Gasteiger partial charge in [-0.25, -0.2) is 4.79 Å². The van der Waals surface area contributed by atoms with Crippen molar-refractivity contribution in [2.24, 2.45) is 11.5 Å². The minimum Gasteiger partial charge on any atom is -0.475 e. The highest BCUT2D eigenvalue weighted by atomic mass is 19.4. The van der Waals surface area contributed by atoms with Crippen LogP contribution >= 0.6 is 0 Å². The van der Waals surface area contributed by atoms with Crippen LogP contribution in [0.4, 0.5) is 18.9 Å². The predicted octanol–water partition coefficient (Wildman–Crippen LogP) is -1.04. The number of hydrogen-bond donors (Lipinski definition) is 7. The van der Waals surface area contributed by atoms with E-state index in [1.165, 1.54) is 13.8 Å². The number of nitrogens with two attached hydrogens (primary N) is 2. The Morgan fingerprint density at radius 3 is 1.85 bits per heavy atom. The van der Waals surface area contributed by atoms with Crippen molar-refractivity contribution in [1.29, 1.82) is 0 Å². The summed E-state index contributed by atoms with van der Waals surface area (Å²) in [6.45, 7) is 2.74. The van der Waals surface area contributed by atoms with Crippen LogP contribution in [0.25, 0.3) is 0 Å². The minimum atomic E-state index is -5.08. The lowest BCUT2D eigenvalue weighted by Crippen LogP contribution is -2.54. The molecule has 0 saturated carbocycles. The maximum Gasteiger partial charge on any atom is 0.490 e. The van der Waals surface area contributed by atoms with Gasteiger partial charge in [0.25, 0.3) is 0 Å². The Morgan fingerprint density at radius 1 is 0.971 bits per heavy atom. The minimum absolute atomic E-state index is 0.139. The third-order valence-corrected chi connectivity index (χ3v) is 3.85. The molecule has 15 heteroatoms. The van der Waals surface area contributed by atoms with Crippen LogP contribution < -0.4 is 27.4 Å². The van der Waals surface area contributed by atoms with E-state index in [9.17, 15) is 32.3 Å². The Balaban J connectivity index is 0.00000135. The van der Waals surface area contributed by atoms with Crippen LogP contribution in [0.1, 0.15) is 25.8 Å². The van der Waals surface area contributed by atoms with Crippen LogP contribution in [0.2, 0.25) is 0 Å². The highest BCUT2D eigenvalue weighted by molar-refractivity contribution is 6.00. The van der Waals surface area contributed by atoms with Crippen molar-refractivity contribution in [2.75, 3.05) is 5.32 Å². The molecule has 0 heterocycles. The summed E-state index contributed by atoms with van der Waals surface area (Å²) in [5.41, 5.74) is 11.6. The van der Waals surface area contributed by atoms with Gasteiger partial charge in [0.2, 0.25) is 23.6 Å². The van der Waals surface area contributed by atoms with Gasteiger partial charge in [-0.05, 0) is 31.5 Å². The molecule has 0 saturated heterocycles. The van der Waals surface area contributed by atoms with E-state index in [1.807, 2.05) is 0 Å². The molecule has 0 spiro atoms. The number of nitrogens with one attached hydrogen (secondary N) is 3. The van der Waals surface area contributed by atoms with Crippen molar-refractivity contribution < 1.29 is 47.4 Å². The van der Waals surface area contributed by atoms with Crippen LogP contribution in [0.3, 0.4) is 0 Å². The van der Waals surface area contributed by atoms with Crippen LogP contribution in [-0.2, 0) is 30.6 Å². The van der Waals surface area contributed by atoms with Gasteiger partial charge in [0.1, 0.15) is 12.1 Å². The molecule has 0 aliphatic heterocycles. The highest BCUT2D eigenvalue weighted by Crippen LogP contribution is 2.13. The summed E-state index contributed by atoms with van der Waals surface area (Å²) in [5.74, 6) is -5.38. The Bertz CT molecular complexity index is 876. The molecule has 1 aromatic rings. The van der Waals surface area contributed by atoms with Gasteiger partial charge in [-0.15, -0.1) is 0 Å². The number of alkyl halides is 3. The molecule has 9 N–H and O–H groups in total. The van der Waals surface area contributed by atoms with Gasteiger partial charge in [-0.2, -0.15) is 13.2 Å². The molecule has 0 aromatic heterocycles. The molecule has 34 heavy (non-hydrogen) atoms. The zero-order valence-corrected chi connectivity index (χ0v) is 18.2. The SMILES string of the molecule is C[C@H](N)C(=O)N[C@@H](C)C(=O)N[C@@H](CC(N)=O)C(=O)Nc1ccc(CO)cc1.O=C(O)C(F)(F)F. The Hall–Kier alpha value is -3.72. The number of anilines is 1. The number of carboxylic acid groups (broad SMARTS) is 1. The maximum absolute atomic E-state index is 12.4. The number of primary amides is 1. The van der Waals surface area contributed by atoms with E-state index >= 15 is 0 Å². The molecular weight excluding hydrogens is 467 g/mol. The summed E-state index contributed by atoms with van der Waals surface area (Å²) >= 11 is 0. The second-order valence-electron chi connectivity index (χ2n) is 6.90. The number of aliphatic hydroxyl groups excluding tert-OH is 1. The molecule has 0 aliphatic rings. The maximum atomic E-state index is 12.4. The molecular formula is C19H26F3N5O7. The fraction of sp³-hybridized carbons (Fsp3) is 0.421. The lowest BCUT2D eigenvalue weighted by Gasteiger charge is -2.21. The first-order valence-corrected chi connectivity index (χ1v) is 9.53. The molecule has 0 fully saturated rings. The second kappa shape index (κ2) is 13.7. The molecule has 0 unspecified atom stereocenters. The molecule has 190 valence electrons. The number of carbonyl (C=O) groups is 5. The first kappa shape index (κ1) is 30.3. The third-order valence-electron chi connectivity index (χ3n) is 3.85. The summed E-state index contributed by atoms with van der Waals surface area (Å²) in [5, 5.41) is 23.5. The Kier molecular flexibility index (Phi) is 12.2. The van der Waals surface area contributed by atoms with Crippen LogP contribution in [-0.4, -0.2) is 64.1 Å². The normalized spacial score (nSPS) is 13.3. The second-order valence-corrected chi connectivity index (χ2v) is 6.90. The van der Waals surface area contributed by atoms with Gasteiger partial charge < -0.3 is 37.6 Å². The standard InChI is InChI=1S/C17H25N5O5.C2HF3O2/c1-9(18)15(25)20-10(2)16(26)22-13(7-14(19)24)17(27)21-12-5-3-11(8-23)4-6-12;3-2(4,5)1(6)7/h3-6,9-10,13,23H,7-8,18H2,1-2H3,(H2,19,24)(H,20,25)(H,21,27)(H,22,26);(H,6,7)/t9-,10-,13-;/m0./s1. The molecule has 0 aliphatic carbocycles. The number of rotatable bonds is 9. The number of benzene rings is 1. The van der Waals surface area contributed by atoms with Gasteiger partial charge in [0, 0.05) is 5.69 Å². The Morgan fingerprint density at radius 2 is 1.47 bits per heavy atom. The zero-order valence-electron chi connectivity index (χ0n) is 18.2. The summed E-state index contributed by atoms with van der Waals surface area (Å²) in [6, 6.07) is 3.38. The van der Waals surface area contributed by atoms with E-state index in [2.05, 4.69) is 16.0 Å². The van der Waals surface area contributed by atoms with E-state index in [0.29, 0.717) is 11.3 Å². The van der Waals surface area contributed by atoms with Crippen molar-refractivity contribution in [3.63, 3.8) is 0 Å². The quantitative estimate of drug-likeness (QED) is 0.225. The van der Waals surface area contributed by atoms with Gasteiger partial charge in [0.15, 0.2) is 0 Å². The molecule has 3 atom stereocenters. The first-order valence-electron chi connectivity index (χ1n) is 9.53. The average Bonchev–Trinajstić information content (AvgIpc) is 2.72. The van der Waals surface area contributed by atoms with Gasteiger partial charge >= 0.3 is 12.1 Å². The fourth-order valence-corrected chi connectivity index (χ4v) is 2.04. The average molecular weight is 493 g/mol. The molecule has 1 rings (SSSR count). The van der Waals surface area contributed by atoms with Crippen molar-refractivity contribution in [1.82, 2.24) is 10.6 Å². The number of halogens is 3. The summed E-state index contributed by atoms with van der Waals surface area (Å²) in [6.07, 6.45) is -5.50. The molecule has 4 amide bonds. The lowest BCUT2D eigenvalue weighted by molar-refractivity contribution is -0.192. The Labute approximate surface area is 191 Å². The summed E-state index contributed by atoms with van der Waals surface area (Å²) in [7, 11) is 0. The van der Waals surface area contributed by atoms with E-state index in [1.54, 1.807) is 24.3 Å².